The number of hydrogen-bond acceptors (Lipinski definition) is 1. The first-order chi connectivity index (χ1) is 8.65. The number of carbonyl (C=O) groups is 1. The molecule has 0 unspecified atom stereocenters. The van der Waals surface area contributed by atoms with Crippen molar-refractivity contribution in [2.75, 3.05) is 12.4 Å². The second-order valence-corrected chi connectivity index (χ2v) is 4.70. The maximum absolute atomic E-state index is 13.0. The lowest BCUT2D eigenvalue weighted by Gasteiger charge is -2.06. The lowest BCUT2D eigenvalue weighted by Crippen LogP contribution is -2.24. The molecule has 0 bridgehead atoms. The van der Waals surface area contributed by atoms with E-state index in [1.165, 1.54) is 12.1 Å². The highest BCUT2D eigenvalue weighted by Crippen LogP contribution is 2.09. The van der Waals surface area contributed by atoms with Crippen molar-refractivity contribution in [2.24, 2.45) is 0 Å². The third kappa shape index (κ3) is 5.05. The number of unbranched alkanes of at least 4 members (excludes halogenated alkanes) is 3. The van der Waals surface area contributed by atoms with Crippen LogP contribution >= 0.6 is 11.6 Å². The van der Waals surface area contributed by atoms with Crippen molar-refractivity contribution in [3.63, 3.8) is 0 Å². The molecule has 1 amide bonds. The zero-order valence-electron chi connectivity index (χ0n) is 10.6. The van der Waals surface area contributed by atoms with Gasteiger partial charge in [0.2, 0.25) is 0 Å². The van der Waals surface area contributed by atoms with Gasteiger partial charge in [-0.1, -0.05) is 12.8 Å². The number of nitrogens with one attached hydrogen (secondary N) is 1. The zero-order valence-corrected chi connectivity index (χ0v) is 11.4. The average molecular weight is 272 g/mol. The van der Waals surface area contributed by atoms with E-state index in [0.717, 1.165) is 25.7 Å². The summed E-state index contributed by atoms with van der Waals surface area (Å²) >= 11 is 5.57. The maximum Gasteiger partial charge on any atom is 0.251 e. The molecule has 18 heavy (non-hydrogen) atoms. The fourth-order valence-electron chi connectivity index (χ4n) is 1.66. The quantitative estimate of drug-likeness (QED) is 0.595. The summed E-state index contributed by atoms with van der Waals surface area (Å²) < 4.78 is 13.0. The van der Waals surface area contributed by atoms with E-state index < -0.39 is 0 Å². The van der Waals surface area contributed by atoms with Crippen molar-refractivity contribution in [3.8, 4) is 0 Å². The minimum absolute atomic E-state index is 0.143. The molecule has 1 rings (SSSR count). The second-order valence-electron chi connectivity index (χ2n) is 4.32. The summed E-state index contributed by atoms with van der Waals surface area (Å²) in [5, 5.41) is 2.83. The van der Waals surface area contributed by atoms with Gasteiger partial charge in [0.25, 0.3) is 5.91 Å². The smallest absolute Gasteiger partial charge is 0.251 e. The molecule has 100 valence electrons. The minimum Gasteiger partial charge on any atom is -0.352 e. The molecular formula is C14H19ClFNO. The Morgan fingerprint density at radius 1 is 1.28 bits per heavy atom. The van der Waals surface area contributed by atoms with E-state index in [0.29, 0.717) is 23.6 Å². The second kappa shape index (κ2) is 8.09. The molecule has 0 heterocycles. The molecule has 0 saturated heterocycles. The van der Waals surface area contributed by atoms with Crippen LogP contribution in [0, 0.1) is 12.7 Å². The molecule has 0 radical (unpaired) electrons. The monoisotopic (exact) mass is 271 g/mol. The fraction of sp³-hybridized carbons (Fsp3) is 0.500. The Bertz CT molecular complexity index is 395. The van der Waals surface area contributed by atoms with Crippen LogP contribution in [0.1, 0.15) is 41.6 Å². The van der Waals surface area contributed by atoms with Crippen LogP contribution < -0.4 is 5.32 Å². The van der Waals surface area contributed by atoms with E-state index in [1.54, 1.807) is 13.0 Å². The predicted octanol–water partition coefficient (Wildman–Crippen LogP) is 3.66. The van der Waals surface area contributed by atoms with E-state index in [4.69, 9.17) is 11.6 Å². The SMILES string of the molecule is Cc1cc(C(=O)NCCCCCCCl)ccc1F. The fourth-order valence-corrected chi connectivity index (χ4v) is 1.85. The highest BCUT2D eigenvalue weighted by molar-refractivity contribution is 6.17. The first kappa shape index (κ1) is 15.0. The first-order valence-corrected chi connectivity index (χ1v) is 6.79. The maximum atomic E-state index is 13.0. The van der Waals surface area contributed by atoms with E-state index >= 15 is 0 Å². The van der Waals surface area contributed by atoms with Gasteiger partial charge in [0.1, 0.15) is 5.82 Å². The number of hydrogen-bond donors (Lipinski definition) is 1. The molecule has 4 heteroatoms. The minimum atomic E-state index is -0.285. The molecule has 0 spiro atoms. The molecule has 1 N–H and O–H groups in total. The Balaban J connectivity index is 2.30. The van der Waals surface area contributed by atoms with E-state index in [9.17, 15) is 9.18 Å². The van der Waals surface area contributed by atoms with Gasteiger partial charge in [0.15, 0.2) is 0 Å². The van der Waals surface area contributed by atoms with Gasteiger partial charge < -0.3 is 5.32 Å². The van der Waals surface area contributed by atoms with Crippen LogP contribution in [0.25, 0.3) is 0 Å². The van der Waals surface area contributed by atoms with E-state index in [2.05, 4.69) is 5.32 Å². The van der Waals surface area contributed by atoms with Gasteiger partial charge in [-0.2, -0.15) is 0 Å². The third-order valence-corrected chi connectivity index (χ3v) is 3.03. The third-order valence-electron chi connectivity index (χ3n) is 2.77. The molecule has 0 aliphatic carbocycles. The summed E-state index contributed by atoms with van der Waals surface area (Å²) in [5.41, 5.74) is 0.999. The molecule has 0 aromatic heterocycles. The normalized spacial score (nSPS) is 10.4. The summed E-state index contributed by atoms with van der Waals surface area (Å²) in [4.78, 5) is 11.7. The zero-order chi connectivity index (χ0) is 13.4. The first-order valence-electron chi connectivity index (χ1n) is 6.25. The number of amides is 1. The molecule has 0 fully saturated rings. The number of aryl methyl sites for hydroxylation is 1. The largest absolute Gasteiger partial charge is 0.352 e. The molecular weight excluding hydrogens is 253 g/mol. The molecule has 0 saturated carbocycles. The van der Waals surface area contributed by atoms with Gasteiger partial charge in [-0.3, -0.25) is 4.79 Å². The van der Waals surface area contributed by atoms with Crippen LogP contribution in [-0.4, -0.2) is 18.3 Å². The number of carbonyl (C=O) groups excluding carboxylic acids is 1. The molecule has 0 aliphatic heterocycles. The molecule has 1 aromatic carbocycles. The summed E-state index contributed by atoms with van der Waals surface area (Å²) in [6, 6.07) is 4.40. The summed E-state index contributed by atoms with van der Waals surface area (Å²) in [7, 11) is 0. The lowest BCUT2D eigenvalue weighted by molar-refractivity contribution is 0.0953. The standard InChI is InChI=1S/C14H19ClFNO/c1-11-10-12(6-7-13(11)16)14(18)17-9-5-3-2-4-8-15/h6-7,10H,2-5,8-9H2,1H3,(H,17,18). The van der Waals surface area contributed by atoms with Crippen LogP contribution in [0.15, 0.2) is 18.2 Å². The highest BCUT2D eigenvalue weighted by atomic mass is 35.5. The van der Waals surface area contributed by atoms with Crippen molar-refractivity contribution in [3.05, 3.63) is 35.1 Å². The number of alkyl halides is 1. The highest BCUT2D eigenvalue weighted by Gasteiger charge is 2.06. The van der Waals surface area contributed by atoms with Crippen LogP contribution in [0.2, 0.25) is 0 Å². The molecule has 0 atom stereocenters. The summed E-state index contributed by atoms with van der Waals surface area (Å²) in [6.45, 7) is 2.30. The van der Waals surface area contributed by atoms with Gasteiger partial charge in [-0.25, -0.2) is 4.39 Å². The number of halogens is 2. The van der Waals surface area contributed by atoms with Gasteiger partial charge in [-0.05, 0) is 43.5 Å². The van der Waals surface area contributed by atoms with Crippen LogP contribution in [0.3, 0.4) is 0 Å². The van der Waals surface area contributed by atoms with Crippen molar-refractivity contribution >= 4 is 17.5 Å². The van der Waals surface area contributed by atoms with E-state index in [1.807, 2.05) is 0 Å². The summed E-state index contributed by atoms with van der Waals surface area (Å²) in [5.74, 6) is 0.268. The van der Waals surface area contributed by atoms with Crippen molar-refractivity contribution in [1.29, 1.82) is 0 Å². The van der Waals surface area contributed by atoms with Crippen molar-refractivity contribution in [2.45, 2.75) is 32.6 Å². The number of benzene rings is 1. The predicted molar refractivity (Wildman–Crippen MR) is 72.7 cm³/mol. The Morgan fingerprint density at radius 3 is 2.67 bits per heavy atom. The number of rotatable bonds is 7. The van der Waals surface area contributed by atoms with Gasteiger partial charge in [-0.15, -0.1) is 11.6 Å². The van der Waals surface area contributed by atoms with E-state index in [-0.39, 0.29) is 11.7 Å². The van der Waals surface area contributed by atoms with Crippen LogP contribution in [-0.2, 0) is 0 Å². The van der Waals surface area contributed by atoms with Gasteiger partial charge >= 0.3 is 0 Å². The summed E-state index contributed by atoms with van der Waals surface area (Å²) in [6.07, 6.45) is 4.12. The topological polar surface area (TPSA) is 29.1 Å². The molecule has 0 aliphatic rings. The van der Waals surface area contributed by atoms with Crippen LogP contribution in [0.5, 0.6) is 0 Å². The van der Waals surface area contributed by atoms with Gasteiger partial charge in [0, 0.05) is 18.0 Å². The van der Waals surface area contributed by atoms with Crippen molar-refractivity contribution in [1.82, 2.24) is 5.32 Å². The Hall–Kier alpha value is -1.09. The van der Waals surface area contributed by atoms with Gasteiger partial charge in [0.05, 0.1) is 0 Å². The van der Waals surface area contributed by atoms with Crippen molar-refractivity contribution < 1.29 is 9.18 Å². The Labute approximate surface area is 113 Å². The molecule has 2 nitrogen and oxygen atoms in total. The Kier molecular flexibility index (Phi) is 6.73. The molecule has 1 aromatic rings. The lowest BCUT2D eigenvalue weighted by atomic mass is 10.1. The Morgan fingerprint density at radius 2 is 2.00 bits per heavy atom. The van der Waals surface area contributed by atoms with Crippen LogP contribution in [0.4, 0.5) is 4.39 Å². The average Bonchev–Trinajstić information content (AvgIpc) is 2.36.